The lowest BCUT2D eigenvalue weighted by Crippen LogP contribution is -2.48. The Hall–Kier alpha value is -2.41. The van der Waals surface area contributed by atoms with Crippen molar-refractivity contribution in [2.45, 2.75) is 6.42 Å². The number of amides is 3. The normalized spacial score (nSPS) is 14.4. The SMILES string of the molecule is COCCCNC(=O)c1ccc(C(=O)N2CCN(C=O)CC2)cc1. The van der Waals surface area contributed by atoms with Gasteiger partial charge < -0.3 is 19.9 Å². The lowest BCUT2D eigenvalue weighted by Gasteiger charge is -2.32. The van der Waals surface area contributed by atoms with Gasteiger partial charge in [-0.3, -0.25) is 14.4 Å². The maximum atomic E-state index is 12.4. The molecule has 2 rings (SSSR count). The van der Waals surface area contributed by atoms with E-state index in [4.69, 9.17) is 4.74 Å². The Balaban J connectivity index is 1.88. The van der Waals surface area contributed by atoms with Crippen LogP contribution in [0.5, 0.6) is 0 Å². The van der Waals surface area contributed by atoms with E-state index in [-0.39, 0.29) is 11.8 Å². The van der Waals surface area contributed by atoms with Gasteiger partial charge in [-0.05, 0) is 30.7 Å². The second-order valence-corrected chi connectivity index (χ2v) is 5.61. The van der Waals surface area contributed by atoms with Crippen LogP contribution in [0.15, 0.2) is 24.3 Å². The van der Waals surface area contributed by atoms with Gasteiger partial charge >= 0.3 is 0 Å². The van der Waals surface area contributed by atoms with Crippen LogP contribution >= 0.6 is 0 Å². The summed E-state index contributed by atoms with van der Waals surface area (Å²) >= 11 is 0. The van der Waals surface area contributed by atoms with Crippen LogP contribution in [0, 0.1) is 0 Å². The Morgan fingerprint density at radius 2 is 1.75 bits per heavy atom. The lowest BCUT2D eigenvalue weighted by molar-refractivity contribution is -0.119. The first kappa shape index (κ1) is 17.9. The van der Waals surface area contributed by atoms with Crippen molar-refractivity contribution in [3.63, 3.8) is 0 Å². The molecule has 1 aliphatic rings. The third kappa shape index (κ3) is 4.79. The molecular weight excluding hydrogens is 310 g/mol. The summed E-state index contributed by atoms with van der Waals surface area (Å²) in [4.78, 5) is 38.5. The van der Waals surface area contributed by atoms with E-state index in [0.29, 0.717) is 50.5 Å². The highest BCUT2D eigenvalue weighted by Gasteiger charge is 2.21. The number of rotatable bonds is 7. The van der Waals surface area contributed by atoms with Gasteiger partial charge in [0.15, 0.2) is 0 Å². The molecule has 0 bridgehead atoms. The second-order valence-electron chi connectivity index (χ2n) is 5.61. The number of benzene rings is 1. The zero-order chi connectivity index (χ0) is 17.4. The van der Waals surface area contributed by atoms with Crippen LogP contribution in [0.2, 0.25) is 0 Å². The van der Waals surface area contributed by atoms with Crippen molar-refractivity contribution in [3.05, 3.63) is 35.4 Å². The molecule has 3 amide bonds. The molecule has 130 valence electrons. The van der Waals surface area contributed by atoms with Gasteiger partial charge in [0.05, 0.1) is 0 Å². The fourth-order valence-electron chi connectivity index (χ4n) is 2.50. The topological polar surface area (TPSA) is 79.0 Å². The van der Waals surface area contributed by atoms with Crippen LogP contribution in [0.3, 0.4) is 0 Å². The van der Waals surface area contributed by atoms with Crippen molar-refractivity contribution in [2.24, 2.45) is 0 Å². The molecule has 0 atom stereocenters. The Labute approximate surface area is 141 Å². The van der Waals surface area contributed by atoms with Crippen LogP contribution in [0.25, 0.3) is 0 Å². The highest BCUT2D eigenvalue weighted by Crippen LogP contribution is 2.10. The molecule has 0 spiro atoms. The predicted octanol–water partition coefficient (Wildman–Crippen LogP) is 0.367. The Morgan fingerprint density at radius 3 is 2.33 bits per heavy atom. The number of carbonyl (C=O) groups excluding carboxylic acids is 3. The Kier molecular flexibility index (Phi) is 6.74. The molecule has 1 aromatic rings. The lowest BCUT2D eigenvalue weighted by atomic mass is 10.1. The molecule has 1 N–H and O–H groups in total. The van der Waals surface area contributed by atoms with Crippen molar-refractivity contribution in [3.8, 4) is 0 Å². The molecule has 1 saturated heterocycles. The van der Waals surface area contributed by atoms with E-state index >= 15 is 0 Å². The van der Waals surface area contributed by atoms with Crippen LogP contribution < -0.4 is 5.32 Å². The maximum absolute atomic E-state index is 12.4. The van der Waals surface area contributed by atoms with Crippen LogP contribution in [0.1, 0.15) is 27.1 Å². The minimum atomic E-state index is -0.162. The highest BCUT2D eigenvalue weighted by atomic mass is 16.5. The molecule has 24 heavy (non-hydrogen) atoms. The molecule has 0 aromatic heterocycles. The zero-order valence-corrected chi connectivity index (χ0v) is 13.9. The summed E-state index contributed by atoms with van der Waals surface area (Å²) in [7, 11) is 1.62. The van der Waals surface area contributed by atoms with Crippen LogP contribution in [-0.2, 0) is 9.53 Å². The van der Waals surface area contributed by atoms with E-state index in [0.717, 1.165) is 12.8 Å². The van der Waals surface area contributed by atoms with Gasteiger partial charge in [-0.2, -0.15) is 0 Å². The molecule has 0 radical (unpaired) electrons. The van der Waals surface area contributed by atoms with Crippen molar-refractivity contribution >= 4 is 18.2 Å². The van der Waals surface area contributed by atoms with Crippen LogP contribution in [0.4, 0.5) is 0 Å². The molecule has 1 aromatic carbocycles. The molecule has 0 aliphatic carbocycles. The molecule has 0 unspecified atom stereocenters. The van der Waals surface area contributed by atoms with Gasteiger partial charge in [0.25, 0.3) is 11.8 Å². The number of hydrogen-bond donors (Lipinski definition) is 1. The number of piperazine rings is 1. The number of nitrogens with one attached hydrogen (secondary N) is 1. The smallest absolute Gasteiger partial charge is 0.253 e. The Morgan fingerprint density at radius 1 is 1.12 bits per heavy atom. The zero-order valence-electron chi connectivity index (χ0n) is 13.9. The highest BCUT2D eigenvalue weighted by molar-refractivity contribution is 5.97. The van der Waals surface area contributed by atoms with E-state index in [1.54, 1.807) is 41.2 Å². The molecule has 1 heterocycles. The first-order chi connectivity index (χ1) is 11.7. The molecule has 1 fully saturated rings. The van der Waals surface area contributed by atoms with E-state index in [1.807, 2.05) is 0 Å². The van der Waals surface area contributed by atoms with Crippen molar-refractivity contribution in [1.82, 2.24) is 15.1 Å². The van der Waals surface area contributed by atoms with Crippen molar-refractivity contribution in [1.29, 1.82) is 0 Å². The molecule has 7 nitrogen and oxygen atoms in total. The first-order valence-electron chi connectivity index (χ1n) is 8.01. The fourth-order valence-corrected chi connectivity index (χ4v) is 2.50. The minimum absolute atomic E-state index is 0.0763. The summed E-state index contributed by atoms with van der Waals surface area (Å²) in [5.74, 6) is -0.239. The van der Waals surface area contributed by atoms with E-state index in [2.05, 4.69) is 5.32 Å². The van der Waals surface area contributed by atoms with Crippen molar-refractivity contribution < 1.29 is 19.1 Å². The van der Waals surface area contributed by atoms with Gasteiger partial charge in [0.2, 0.25) is 6.41 Å². The van der Waals surface area contributed by atoms with E-state index in [1.165, 1.54) is 0 Å². The summed E-state index contributed by atoms with van der Waals surface area (Å²) < 4.78 is 4.93. The van der Waals surface area contributed by atoms with Crippen LogP contribution in [-0.4, -0.2) is 74.5 Å². The number of nitrogens with zero attached hydrogens (tertiary/aromatic N) is 2. The number of ether oxygens (including phenoxy) is 1. The monoisotopic (exact) mass is 333 g/mol. The van der Waals surface area contributed by atoms with Gasteiger partial charge in [0, 0.05) is 57.6 Å². The van der Waals surface area contributed by atoms with Gasteiger partial charge in [-0.1, -0.05) is 0 Å². The van der Waals surface area contributed by atoms with E-state index < -0.39 is 0 Å². The summed E-state index contributed by atoms with van der Waals surface area (Å²) in [5.41, 5.74) is 1.07. The quantitative estimate of drug-likeness (QED) is 0.577. The number of methoxy groups -OCH3 is 1. The maximum Gasteiger partial charge on any atom is 0.253 e. The Bertz CT molecular complexity index is 566. The molecule has 0 saturated carbocycles. The molecule has 1 aliphatic heterocycles. The first-order valence-corrected chi connectivity index (χ1v) is 8.01. The fraction of sp³-hybridized carbons (Fsp3) is 0.471. The number of carbonyl (C=O) groups is 3. The standard InChI is InChI=1S/C17H23N3O4/c1-24-12-2-7-18-16(22)14-3-5-15(6-4-14)17(23)20-10-8-19(13-21)9-11-20/h3-6,13H,2,7-12H2,1H3,(H,18,22). The average Bonchev–Trinajstić information content (AvgIpc) is 2.64. The third-order valence-corrected chi connectivity index (χ3v) is 3.96. The van der Waals surface area contributed by atoms with Gasteiger partial charge in [-0.15, -0.1) is 0 Å². The predicted molar refractivity (Wildman–Crippen MR) is 88.8 cm³/mol. The molecular formula is C17H23N3O4. The van der Waals surface area contributed by atoms with Crippen molar-refractivity contribution in [2.75, 3.05) is 46.4 Å². The summed E-state index contributed by atoms with van der Waals surface area (Å²) in [6, 6.07) is 6.64. The van der Waals surface area contributed by atoms with Gasteiger partial charge in [0.1, 0.15) is 0 Å². The third-order valence-electron chi connectivity index (χ3n) is 3.96. The van der Waals surface area contributed by atoms with E-state index in [9.17, 15) is 14.4 Å². The summed E-state index contributed by atoms with van der Waals surface area (Å²) in [6.07, 6.45) is 1.56. The number of hydrogen-bond acceptors (Lipinski definition) is 4. The second kappa shape index (κ2) is 9.02. The summed E-state index contributed by atoms with van der Waals surface area (Å²) in [5, 5.41) is 2.80. The summed E-state index contributed by atoms with van der Waals surface area (Å²) in [6.45, 7) is 3.31. The largest absolute Gasteiger partial charge is 0.385 e. The average molecular weight is 333 g/mol. The van der Waals surface area contributed by atoms with Gasteiger partial charge in [-0.25, -0.2) is 0 Å². The molecule has 7 heteroatoms. The minimum Gasteiger partial charge on any atom is -0.385 e.